The molecule has 1 aromatic rings. The zero-order chi connectivity index (χ0) is 39.6. The number of esters is 1. The second-order valence-corrected chi connectivity index (χ2v) is 20.6. The first kappa shape index (κ1) is 41.1. The van der Waals surface area contributed by atoms with Crippen molar-refractivity contribution >= 4 is 17.7 Å². The van der Waals surface area contributed by atoms with Crippen molar-refractivity contribution in [3.05, 3.63) is 47.0 Å². The normalized spacial score (nSPS) is 36.6. The average molecular weight is 747 g/mol. The number of fused-ring (bicyclic) bond motifs is 7. The molecular weight excluding hydrogens is 677 g/mol. The fourth-order valence-electron chi connectivity index (χ4n) is 13.6. The number of ketones is 1. The van der Waals surface area contributed by atoms with Crippen LogP contribution in [0.25, 0.3) is 0 Å². The van der Waals surface area contributed by atoms with Crippen molar-refractivity contribution < 1.29 is 29.3 Å². The van der Waals surface area contributed by atoms with E-state index in [1.54, 1.807) is 13.8 Å². The highest BCUT2D eigenvalue weighted by atomic mass is 16.5. The summed E-state index contributed by atoms with van der Waals surface area (Å²) in [6.45, 7) is 22.1. The molecule has 9 atom stereocenters. The van der Waals surface area contributed by atoms with E-state index < -0.39 is 28.9 Å². The van der Waals surface area contributed by atoms with Gasteiger partial charge in [-0.3, -0.25) is 19.3 Å². The Morgan fingerprint density at radius 3 is 2.26 bits per heavy atom. The Balaban J connectivity index is 1.29. The van der Waals surface area contributed by atoms with E-state index >= 15 is 0 Å². The molecule has 54 heavy (non-hydrogen) atoms. The van der Waals surface area contributed by atoms with Gasteiger partial charge in [0, 0.05) is 43.4 Å². The SMILES string of the molecule is CC(C)C1=C2[C@H]3CC[C@@H]4[C@@]5(C)CC[C@H](OC(=O)CC(C)(C)C(=O)O)C(C)(C)[C@@H]5CC[C@@]4(C)[C@]3(C)CCC2(C(O)CN(CCN)Cc2ccccc2)CC1=O. The summed E-state index contributed by atoms with van der Waals surface area (Å²) in [6, 6.07) is 10.4. The number of carbonyl (C=O) groups excluding carboxylic acids is 2. The number of nitrogens with zero attached hydrogens (tertiary/aromatic N) is 1. The van der Waals surface area contributed by atoms with Gasteiger partial charge in [0.05, 0.1) is 17.9 Å². The molecule has 6 rings (SSSR count). The maximum Gasteiger partial charge on any atom is 0.309 e. The molecule has 8 nitrogen and oxygen atoms in total. The Morgan fingerprint density at radius 2 is 1.63 bits per heavy atom. The molecule has 5 aliphatic rings. The maximum atomic E-state index is 14.2. The zero-order valence-electron chi connectivity index (χ0n) is 34.8. The van der Waals surface area contributed by atoms with E-state index in [0.29, 0.717) is 44.4 Å². The van der Waals surface area contributed by atoms with E-state index in [-0.39, 0.29) is 51.8 Å². The molecule has 0 bridgehead atoms. The van der Waals surface area contributed by atoms with Crippen LogP contribution in [0.3, 0.4) is 0 Å². The number of benzene rings is 1. The van der Waals surface area contributed by atoms with Crippen molar-refractivity contribution in [2.45, 2.75) is 145 Å². The van der Waals surface area contributed by atoms with E-state index in [1.807, 2.05) is 6.07 Å². The highest BCUT2D eigenvalue weighted by Crippen LogP contribution is 2.77. The maximum absolute atomic E-state index is 14.2. The molecule has 8 heteroatoms. The monoisotopic (exact) mass is 747 g/mol. The van der Waals surface area contributed by atoms with Crippen LogP contribution in [-0.2, 0) is 25.7 Å². The third kappa shape index (κ3) is 6.52. The first-order valence-electron chi connectivity index (χ1n) is 21.0. The number of carbonyl (C=O) groups is 3. The quantitative estimate of drug-likeness (QED) is 0.183. The first-order chi connectivity index (χ1) is 25.2. The Morgan fingerprint density at radius 1 is 0.944 bits per heavy atom. The molecule has 0 aliphatic heterocycles. The van der Waals surface area contributed by atoms with Gasteiger partial charge in [-0.15, -0.1) is 0 Å². The van der Waals surface area contributed by atoms with Crippen molar-refractivity contribution in [2.75, 3.05) is 19.6 Å². The molecule has 4 saturated carbocycles. The molecule has 300 valence electrons. The van der Waals surface area contributed by atoms with Crippen LogP contribution in [0.5, 0.6) is 0 Å². The van der Waals surface area contributed by atoms with Crippen LogP contribution in [0.2, 0.25) is 0 Å². The number of Topliss-reactive ketones (excluding diaryl/α,β-unsaturated/α-hetero) is 1. The summed E-state index contributed by atoms with van der Waals surface area (Å²) < 4.78 is 6.18. The number of allylic oxidation sites excluding steroid dienone is 1. The molecule has 5 aliphatic carbocycles. The van der Waals surface area contributed by atoms with Gasteiger partial charge in [0.2, 0.25) is 0 Å². The lowest BCUT2D eigenvalue weighted by Gasteiger charge is -2.72. The molecule has 4 fully saturated rings. The van der Waals surface area contributed by atoms with Gasteiger partial charge in [0.15, 0.2) is 5.78 Å². The predicted molar refractivity (Wildman–Crippen MR) is 212 cm³/mol. The molecule has 0 heterocycles. The third-order valence-electron chi connectivity index (χ3n) is 16.6. The molecule has 1 aromatic carbocycles. The summed E-state index contributed by atoms with van der Waals surface area (Å²) in [5, 5.41) is 22.1. The van der Waals surface area contributed by atoms with Crippen molar-refractivity contribution in [3.8, 4) is 0 Å². The molecular formula is C46H70N2O6. The van der Waals surface area contributed by atoms with Crippen molar-refractivity contribution in [1.82, 2.24) is 4.90 Å². The third-order valence-corrected chi connectivity index (χ3v) is 16.6. The summed E-state index contributed by atoms with van der Waals surface area (Å²) in [5.41, 5.74) is 7.71. The molecule has 0 saturated heterocycles. The number of nitrogens with two attached hydrogens (primary N) is 1. The minimum absolute atomic E-state index is 0.0237. The van der Waals surface area contributed by atoms with Gasteiger partial charge >= 0.3 is 11.9 Å². The van der Waals surface area contributed by atoms with E-state index in [0.717, 1.165) is 56.9 Å². The van der Waals surface area contributed by atoms with Crippen molar-refractivity contribution in [2.24, 2.45) is 61.9 Å². The average Bonchev–Trinajstić information content (AvgIpc) is 3.40. The van der Waals surface area contributed by atoms with Crippen LogP contribution in [-0.4, -0.2) is 64.7 Å². The van der Waals surface area contributed by atoms with Crippen LogP contribution < -0.4 is 5.73 Å². The van der Waals surface area contributed by atoms with E-state index in [1.165, 1.54) is 11.1 Å². The number of hydrogen-bond acceptors (Lipinski definition) is 7. The Labute approximate surface area is 325 Å². The number of aliphatic carboxylic acids is 1. The Hall–Kier alpha value is -2.55. The summed E-state index contributed by atoms with van der Waals surface area (Å²) in [4.78, 5) is 41.4. The van der Waals surface area contributed by atoms with Crippen LogP contribution >= 0.6 is 0 Å². The lowest BCUT2D eigenvalue weighted by atomic mass is 9.33. The summed E-state index contributed by atoms with van der Waals surface area (Å²) in [6.07, 6.45) is 7.15. The summed E-state index contributed by atoms with van der Waals surface area (Å²) in [5.74, 6) is 0.0186. The minimum Gasteiger partial charge on any atom is -0.481 e. The zero-order valence-corrected chi connectivity index (χ0v) is 34.8. The van der Waals surface area contributed by atoms with Gasteiger partial charge in [0.1, 0.15) is 6.10 Å². The van der Waals surface area contributed by atoms with Crippen molar-refractivity contribution in [1.29, 1.82) is 0 Å². The van der Waals surface area contributed by atoms with Gasteiger partial charge in [-0.05, 0) is 116 Å². The number of ether oxygens (including phenoxy) is 1. The predicted octanol–water partition coefficient (Wildman–Crippen LogP) is 8.20. The number of carboxylic acid groups (broad SMARTS) is 1. The number of aliphatic hydroxyl groups is 1. The van der Waals surface area contributed by atoms with Crippen LogP contribution in [0.4, 0.5) is 0 Å². The standard InChI is InChI=1S/C46H70N2O6/c1-29(2)38-32(49)25-46(35(50)28-48(24-23-47)27-30-13-11-10-12-14-30)22-21-44(8)31(39(38)46)15-16-34-43(7)19-18-36(54-37(51)26-41(3,4)40(52)53)42(5,6)33(43)17-20-45(34,44)9/h10-14,29,31,33-36,50H,15-28,47H2,1-9H3,(H,52,53)/t31-,33+,34-,35?,36+,43+,44-,45-,46?/m1/s1. The van der Waals surface area contributed by atoms with Gasteiger partial charge in [-0.25, -0.2) is 0 Å². The molecule has 0 spiro atoms. The number of hydrogen-bond donors (Lipinski definition) is 3. The number of carboxylic acids is 1. The fraction of sp³-hybridized carbons (Fsp3) is 0.761. The first-order valence-corrected chi connectivity index (χ1v) is 21.0. The number of rotatable bonds is 12. The van der Waals surface area contributed by atoms with Gasteiger partial charge in [0.25, 0.3) is 0 Å². The lowest BCUT2D eigenvalue weighted by molar-refractivity contribution is -0.235. The topological polar surface area (TPSA) is 130 Å². The molecule has 0 aromatic heterocycles. The number of aliphatic hydroxyl groups excluding tert-OH is 1. The van der Waals surface area contributed by atoms with Gasteiger partial charge in [-0.1, -0.05) is 84.4 Å². The second-order valence-electron chi connectivity index (χ2n) is 20.6. The summed E-state index contributed by atoms with van der Waals surface area (Å²) >= 11 is 0. The van der Waals surface area contributed by atoms with E-state index in [4.69, 9.17) is 10.5 Å². The highest BCUT2D eigenvalue weighted by molar-refractivity contribution is 6.00. The smallest absolute Gasteiger partial charge is 0.309 e. The molecule has 4 N–H and O–H groups in total. The second kappa shape index (κ2) is 14.4. The van der Waals surface area contributed by atoms with Crippen LogP contribution in [0.15, 0.2) is 41.5 Å². The van der Waals surface area contributed by atoms with Gasteiger partial charge < -0.3 is 20.7 Å². The van der Waals surface area contributed by atoms with Gasteiger partial charge in [-0.2, -0.15) is 0 Å². The van der Waals surface area contributed by atoms with Crippen molar-refractivity contribution in [3.63, 3.8) is 0 Å². The molecule has 0 amide bonds. The highest BCUT2D eigenvalue weighted by Gasteiger charge is 2.70. The lowest BCUT2D eigenvalue weighted by Crippen LogP contribution is -2.66. The molecule has 0 radical (unpaired) electrons. The Kier molecular flexibility index (Phi) is 11.0. The van der Waals surface area contributed by atoms with E-state index in [9.17, 15) is 24.6 Å². The largest absolute Gasteiger partial charge is 0.481 e. The minimum atomic E-state index is -1.17. The van der Waals surface area contributed by atoms with Crippen LogP contribution in [0.1, 0.15) is 132 Å². The Bertz CT molecular complexity index is 1630. The van der Waals surface area contributed by atoms with E-state index in [2.05, 4.69) is 77.6 Å². The fourth-order valence-corrected chi connectivity index (χ4v) is 13.6. The molecule has 2 unspecified atom stereocenters. The summed E-state index contributed by atoms with van der Waals surface area (Å²) in [7, 11) is 0. The van der Waals surface area contributed by atoms with Crippen LogP contribution in [0, 0.1) is 56.2 Å².